The first kappa shape index (κ1) is 16.3. The molecule has 1 aliphatic carbocycles. The van der Waals surface area contributed by atoms with E-state index in [9.17, 15) is 9.59 Å². The van der Waals surface area contributed by atoms with Crippen LogP contribution < -0.4 is 10.6 Å². The maximum atomic E-state index is 11.9. The molecule has 22 heavy (non-hydrogen) atoms. The van der Waals surface area contributed by atoms with Crippen LogP contribution in [0, 0.1) is 5.92 Å². The summed E-state index contributed by atoms with van der Waals surface area (Å²) in [7, 11) is 0. The van der Waals surface area contributed by atoms with Crippen molar-refractivity contribution in [2.45, 2.75) is 45.7 Å². The van der Waals surface area contributed by atoms with Crippen LogP contribution in [0.4, 0.5) is 5.82 Å². The van der Waals surface area contributed by atoms with Crippen molar-refractivity contribution in [1.82, 2.24) is 10.3 Å². The molecule has 0 bridgehead atoms. The minimum Gasteiger partial charge on any atom is -0.452 e. The predicted octanol–water partition coefficient (Wildman–Crippen LogP) is 1.97. The van der Waals surface area contributed by atoms with Crippen LogP contribution in [0.2, 0.25) is 0 Å². The molecule has 0 spiro atoms. The zero-order valence-electron chi connectivity index (χ0n) is 13.3. The van der Waals surface area contributed by atoms with E-state index in [1.165, 1.54) is 6.20 Å². The van der Waals surface area contributed by atoms with Crippen LogP contribution in [0.1, 0.15) is 44.0 Å². The molecule has 1 heterocycles. The van der Waals surface area contributed by atoms with Gasteiger partial charge in [-0.1, -0.05) is 13.8 Å². The fourth-order valence-electron chi connectivity index (χ4n) is 1.71. The molecule has 1 atom stereocenters. The number of carbonyl (C=O) groups is 2. The molecule has 0 saturated heterocycles. The highest BCUT2D eigenvalue weighted by molar-refractivity contribution is 5.91. The van der Waals surface area contributed by atoms with Crippen molar-refractivity contribution in [2.24, 2.45) is 5.92 Å². The number of anilines is 1. The van der Waals surface area contributed by atoms with E-state index in [0.717, 1.165) is 18.7 Å². The van der Waals surface area contributed by atoms with Gasteiger partial charge in [0, 0.05) is 18.3 Å². The van der Waals surface area contributed by atoms with Crippen LogP contribution in [-0.2, 0) is 9.53 Å². The Hall–Kier alpha value is -2.11. The number of hydrogen-bond donors (Lipinski definition) is 2. The van der Waals surface area contributed by atoms with E-state index < -0.39 is 5.97 Å². The summed E-state index contributed by atoms with van der Waals surface area (Å²) in [5.41, 5.74) is 0.339. The lowest BCUT2D eigenvalue weighted by Gasteiger charge is -2.17. The average Bonchev–Trinajstić information content (AvgIpc) is 3.29. The van der Waals surface area contributed by atoms with Crippen LogP contribution in [0.5, 0.6) is 0 Å². The highest BCUT2D eigenvalue weighted by atomic mass is 16.5. The number of aromatic nitrogens is 1. The van der Waals surface area contributed by atoms with E-state index in [-0.39, 0.29) is 18.6 Å². The number of pyridine rings is 1. The molecule has 0 radical (unpaired) electrons. The van der Waals surface area contributed by atoms with Crippen LogP contribution in [0.25, 0.3) is 0 Å². The molecule has 1 aliphatic rings. The Morgan fingerprint density at radius 2 is 2.05 bits per heavy atom. The second-order valence-electron chi connectivity index (χ2n) is 6.03. The van der Waals surface area contributed by atoms with Gasteiger partial charge in [-0.2, -0.15) is 0 Å². The third-order valence-electron chi connectivity index (χ3n) is 3.65. The second kappa shape index (κ2) is 7.24. The number of rotatable bonds is 7. The van der Waals surface area contributed by atoms with Gasteiger partial charge in [0.15, 0.2) is 6.61 Å². The molecule has 1 fully saturated rings. The number of carbonyl (C=O) groups excluding carboxylic acids is 2. The predicted molar refractivity (Wildman–Crippen MR) is 83.6 cm³/mol. The molecule has 6 heteroatoms. The van der Waals surface area contributed by atoms with Gasteiger partial charge in [-0.05, 0) is 37.8 Å². The largest absolute Gasteiger partial charge is 0.452 e. The SMILES string of the molecule is CC(C)C(C)NC(=O)COC(=O)c1ccc(NC2CC2)nc1. The Balaban J connectivity index is 1.77. The zero-order chi connectivity index (χ0) is 16.1. The number of amides is 1. The van der Waals surface area contributed by atoms with Crippen LogP contribution in [-0.4, -0.2) is 35.6 Å². The first-order valence-electron chi connectivity index (χ1n) is 7.64. The van der Waals surface area contributed by atoms with Gasteiger partial charge in [-0.25, -0.2) is 9.78 Å². The Bertz CT molecular complexity index is 524. The van der Waals surface area contributed by atoms with E-state index in [4.69, 9.17) is 4.74 Å². The lowest BCUT2D eigenvalue weighted by molar-refractivity contribution is -0.125. The Kier molecular flexibility index (Phi) is 5.35. The van der Waals surface area contributed by atoms with E-state index in [1.807, 2.05) is 20.8 Å². The summed E-state index contributed by atoms with van der Waals surface area (Å²) in [6.07, 6.45) is 3.78. The fourth-order valence-corrected chi connectivity index (χ4v) is 1.71. The monoisotopic (exact) mass is 305 g/mol. The number of nitrogens with zero attached hydrogens (tertiary/aromatic N) is 1. The topological polar surface area (TPSA) is 80.3 Å². The van der Waals surface area contributed by atoms with Gasteiger partial charge in [-0.3, -0.25) is 4.79 Å². The van der Waals surface area contributed by atoms with Crippen molar-refractivity contribution in [3.05, 3.63) is 23.9 Å². The van der Waals surface area contributed by atoms with Gasteiger partial charge < -0.3 is 15.4 Å². The molecule has 2 N–H and O–H groups in total. The van der Waals surface area contributed by atoms with E-state index >= 15 is 0 Å². The molecule has 1 unspecified atom stereocenters. The third kappa shape index (κ3) is 5.02. The Morgan fingerprint density at radius 3 is 2.59 bits per heavy atom. The maximum Gasteiger partial charge on any atom is 0.340 e. The molecule has 120 valence electrons. The van der Waals surface area contributed by atoms with Gasteiger partial charge in [-0.15, -0.1) is 0 Å². The zero-order valence-corrected chi connectivity index (χ0v) is 13.3. The summed E-state index contributed by atoms with van der Waals surface area (Å²) in [5.74, 6) is 0.241. The molecule has 1 amide bonds. The lowest BCUT2D eigenvalue weighted by Crippen LogP contribution is -2.38. The summed E-state index contributed by atoms with van der Waals surface area (Å²) in [5, 5.41) is 6.02. The smallest absolute Gasteiger partial charge is 0.340 e. The first-order chi connectivity index (χ1) is 10.5. The summed E-state index contributed by atoms with van der Waals surface area (Å²) in [6.45, 7) is 5.66. The van der Waals surface area contributed by atoms with Gasteiger partial charge >= 0.3 is 5.97 Å². The maximum absolute atomic E-state index is 11.9. The van der Waals surface area contributed by atoms with Crippen molar-refractivity contribution in [2.75, 3.05) is 11.9 Å². The van der Waals surface area contributed by atoms with Crippen LogP contribution in [0.3, 0.4) is 0 Å². The minimum atomic E-state index is -0.544. The van der Waals surface area contributed by atoms with Crippen LogP contribution >= 0.6 is 0 Å². The normalized spacial score (nSPS) is 15.3. The lowest BCUT2D eigenvalue weighted by atomic mass is 10.1. The molecule has 0 aromatic carbocycles. The quantitative estimate of drug-likeness (QED) is 0.753. The molecule has 0 aliphatic heterocycles. The molecule has 2 rings (SSSR count). The number of nitrogens with one attached hydrogen (secondary N) is 2. The summed E-state index contributed by atoms with van der Waals surface area (Å²) < 4.78 is 4.99. The third-order valence-corrected chi connectivity index (χ3v) is 3.65. The van der Waals surface area contributed by atoms with E-state index in [2.05, 4.69) is 15.6 Å². The molecule has 6 nitrogen and oxygen atoms in total. The van der Waals surface area contributed by atoms with Crippen LogP contribution in [0.15, 0.2) is 18.3 Å². The van der Waals surface area contributed by atoms with E-state index in [0.29, 0.717) is 17.5 Å². The van der Waals surface area contributed by atoms with Gasteiger partial charge in [0.2, 0.25) is 0 Å². The van der Waals surface area contributed by atoms with Gasteiger partial charge in [0.05, 0.1) is 5.56 Å². The highest BCUT2D eigenvalue weighted by Crippen LogP contribution is 2.23. The summed E-state index contributed by atoms with van der Waals surface area (Å²) in [6, 6.07) is 3.95. The molecule has 1 aromatic heterocycles. The van der Waals surface area contributed by atoms with Crippen molar-refractivity contribution < 1.29 is 14.3 Å². The van der Waals surface area contributed by atoms with Gasteiger partial charge in [0.25, 0.3) is 5.91 Å². The molecular weight excluding hydrogens is 282 g/mol. The second-order valence-corrected chi connectivity index (χ2v) is 6.03. The van der Waals surface area contributed by atoms with Gasteiger partial charge in [0.1, 0.15) is 5.82 Å². The number of ether oxygens (including phenoxy) is 1. The fraction of sp³-hybridized carbons (Fsp3) is 0.562. The van der Waals surface area contributed by atoms with Crippen molar-refractivity contribution in [1.29, 1.82) is 0 Å². The first-order valence-corrected chi connectivity index (χ1v) is 7.64. The number of hydrogen-bond acceptors (Lipinski definition) is 5. The Morgan fingerprint density at radius 1 is 1.32 bits per heavy atom. The molecular formula is C16H23N3O3. The van der Waals surface area contributed by atoms with Crippen molar-refractivity contribution >= 4 is 17.7 Å². The molecule has 1 saturated carbocycles. The number of esters is 1. The van der Waals surface area contributed by atoms with Crippen molar-refractivity contribution in [3.63, 3.8) is 0 Å². The minimum absolute atomic E-state index is 0.0423. The summed E-state index contributed by atoms with van der Waals surface area (Å²) in [4.78, 5) is 27.7. The average molecular weight is 305 g/mol. The highest BCUT2D eigenvalue weighted by Gasteiger charge is 2.21. The molecule has 1 aromatic rings. The summed E-state index contributed by atoms with van der Waals surface area (Å²) >= 11 is 0. The van der Waals surface area contributed by atoms with Crippen molar-refractivity contribution in [3.8, 4) is 0 Å². The standard InChI is InChI=1S/C16H23N3O3/c1-10(2)11(3)18-15(20)9-22-16(21)12-4-7-14(17-8-12)19-13-5-6-13/h4,7-8,10-11,13H,5-6,9H2,1-3H3,(H,17,19)(H,18,20). The van der Waals surface area contributed by atoms with E-state index in [1.54, 1.807) is 12.1 Å². The Labute approximate surface area is 130 Å².